The molecule has 17 heavy (non-hydrogen) atoms. The zero-order valence-electron chi connectivity index (χ0n) is 9.34. The molecule has 1 atom stereocenters. The normalized spacial score (nSPS) is 20.1. The van der Waals surface area contributed by atoms with Gasteiger partial charge in [-0.25, -0.2) is 4.79 Å². The van der Waals surface area contributed by atoms with Gasteiger partial charge in [-0.1, -0.05) is 30.3 Å². The highest BCUT2D eigenvalue weighted by molar-refractivity contribution is 6.17. The number of carbonyl (C=O) groups excluding carboxylic acids is 2. The van der Waals surface area contributed by atoms with E-state index in [2.05, 4.69) is 0 Å². The number of hydrogen-bond donors (Lipinski definition) is 1. The van der Waals surface area contributed by atoms with Crippen LogP contribution in [0.15, 0.2) is 41.7 Å². The minimum absolute atomic E-state index is 0.144. The highest BCUT2D eigenvalue weighted by atomic mass is 16.5. The van der Waals surface area contributed by atoms with Crippen molar-refractivity contribution in [1.82, 2.24) is 0 Å². The Morgan fingerprint density at radius 3 is 2.53 bits per heavy atom. The zero-order valence-corrected chi connectivity index (χ0v) is 9.34. The fraction of sp³-hybridized carbons (Fsp3) is 0.231. The summed E-state index contributed by atoms with van der Waals surface area (Å²) in [6.45, 7) is 1.23. The zero-order chi connectivity index (χ0) is 12.4. The van der Waals surface area contributed by atoms with Crippen LogP contribution in [0, 0.1) is 0 Å². The van der Waals surface area contributed by atoms with Gasteiger partial charge in [0.05, 0.1) is 0 Å². The maximum absolute atomic E-state index is 11.6. The largest absolute Gasteiger partial charge is 0.511 e. The van der Waals surface area contributed by atoms with Crippen LogP contribution in [0.3, 0.4) is 0 Å². The van der Waals surface area contributed by atoms with Gasteiger partial charge in [0.25, 0.3) is 0 Å². The maximum atomic E-state index is 11.6. The molecule has 88 valence electrons. The number of carbonyl (C=O) groups is 2. The number of rotatable bonds is 2. The molecule has 0 radical (unpaired) electrons. The lowest BCUT2D eigenvalue weighted by atomic mass is 9.99. The molecule has 1 heterocycles. The van der Waals surface area contributed by atoms with Crippen molar-refractivity contribution in [2.45, 2.75) is 19.4 Å². The molecule has 0 bridgehead atoms. The van der Waals surface area contributed by atoms with Crippen molar-refractivity contribution in [3.05, 3.63) is 47.2 Å². The van der Waals surface area contributed by atoms with Crippen molar-refractivity contribution in [2.75, 3.05) is 0 Å². The lowest BCUT2D eigenvalue weighted by Crippen LogP contribution is -2.24. The Morgan fingerprint density at radius 1 is 1.35 bits per heavy atom. The van der Waals surface area contributed by atoms with E-state index in [4.69, 9.17) is 4.74 Å². The SMILES string of the molecule is CC(=O)C1=C(O)CC(c2ccccc2)OC1=O. The van der Waals surface area contributed by atoms with Crippen molar-refractivity contribution < 1.29 is 19.4 Å². The highest BCUT2D eigenvalue weighted by Crippen LogP contribution is 2.31. The standard InChI is InChI=1S/C13H12O4/c1-8(14)12-10(15)7-11(17-13(12)16)9-5-3-2-4-6-9/h2-6,11,15H,7H2,1H3. The van der Waals surface area contributed by atoms with Gasteiger partial charge in [-0.3, -0.25) is 4.79 Å². The fourth-order valence-electron chi connectivity index (χ4n) is 1.83. The molecule has 4 nitrogen and oxygen atoms in total. The van der Waals surface area contributed by atoms with Gasteiger partial charge in [0.15, 0.2) is 5.78 Å². The van der Waals surface area contributed by atoms with E-state index in [0.717, 1.165) is 5.56 Å². The van der Waals surface area contributed by atoms with Crippen molar-refractivity contribution in [1.29, 1.82) is 0 Å². The summed E-state index contributed by atoms with van der Waals surface area (Å²) in [7, 11) is 0. The topological polar surface area (TPSA) is 63.6 Å². The summed E-state index contributed by atoms with van der Waals surface area (Å²) in [4.78, 5) is 22.7. The lowest BCUT2D eigenvalue weighted by Gasteiger charge is -2.23. The van der Waals surface area contributed by atoms with Crippen LogP contribution in [0.25, 0.3) is 0 Å². The van der Waals surface area contributed by atoms with Crippen molar-refractivity contribution in [3.63, 3.8) is 0 Å². The second-order valence-corrected chi connectivity index (χ2v) is 3.89. The number of benzene rings is 1. The average Bonchev–Trinajstić information content (AvgIpc) is 2.28. The molecular weight excluding hydrogens is 220 g/mol. The van der Waals surface area contributed by atoms with E-state index in [9.17, 15) is 14.7 Å². The van der Waals surface area contributed by atoms with E-state index >= 15 is 0 Å². The Bertz CT molecular complexity index is 487. The number of ketones is 1. The van der Waals surface area contributed by atoms with Gasteiger partial charge in [-0.05, 0) is 12.5 Å². The van der Waals surface area contributed by atoms with Crippen LogP contribution in [0.4, 0.5) is 0 Å². The third kappa shape index (κ3) is 2.20. The van der Waals surface area contributed by atoms with Gasteiger partial charge in [0.2, 0.25) is 0 Å². The van der Waals surface area contributed by atoms with Crippen molar-refractivity contribution in [3.8, 4) is 0 Å². The lowest BCUT2D eigenvalue weighted by molar-refractivity contribution is -0.148. The molecule has 1 unspecified atom stereocenters. The predicted octanol–water partition coefficient (Wildman–Crippen LogP) is 2.08. The molecule has 0 aromatic heterocycles. The van der Waals surface area contributed by atoms with Gasteiger partial charge in [-0.2, -0.15) is 0 Å². The first-order chi connectivity index (χ1) is 8.09. The second kappa shape index (κ2) is 4.41. The first-order valence-corrected chi connectivity index (χ1v) is 5.28. The molecule has 0 amide bonds. The molecular formula is C13H12O4. The monoisotopic (exact) mass is 232 g/mol. The average molecular weight is 232 g/mol. The van der Waals surface area contributed by atoms with E-state index < -0.39 is 17.9 Å². The van der Waals surface area contributed by atoms with Gasteiger partial charge in [0.1, 0.15) is 17.4 Å². The summed E-state index contributed by atoms with van der Waals surface area (Å²) >= 11 is 0. The minimum Gasteiger partial charge on any atom is -0.511 e. The summed E-state index contributed by atoms with van der Waals surface area (Å²) in [5.74, 6) is -1.42. The van der Waals surface area contributed by atoms with E-state index in [1.165, 1.54) is 6.92 Å². The van der Waals surface area contributed by atoms with Gasteiger partial charge in [0, 0.05) is 6.42 Å². The van der Waals surface area contributed by atoms with Gasteiger partial charge < -0.3 is 9.84 Å². The Kier molecular flexibility index (Phi) is 2.95. The number of Topliss-reactive ketones (excluding diaryl/α,β-unsaturated/α-hetero) is 1. The first kappa shape index (κ1) is 11.4. The minimum atomic E-state index is -0.755. The van der Waals surface area contributed by atoms with Gasteiger partial charge >= 0.3 is 5.97 Å². The highest BCUT2D eigenvalue weighted by Gasteiger charge is 2.32. The van der Waals surface area contributed by atoms with Crippen LogP contribution >= 0.6 is 0 Å². The summed E-state index contributed by atoms with van der Waals surface area (Å²) in [5, 5.41) is 9.70. The number of aliphatic hydroxyl groups is 1. The Morgan fingerprint density at radius 2 is 2.00 bits per heavy atom. The summed E-state index contributed by atoms with van der Waals surface area (Å²) in [6, 6.07) is 9.12. The molecule has 0 saturated heterocycles. The van der Waals surface area contributed by atoms with E-state index in [1.54, 1.807) is 0 Å². The Balaban J connectivity index is 2.30. The van der Waals surface area contributed by atoms with Crippen LogP contribution in [0.2, 0.25) is 0 Å². The number of hydrogen-bond acceptors (Lipinski definition) is 4. The van der Waals surface area contributed by atoms with E-state index in [1.807, 2.05) is 30.3 Å². The molecule has 4 heteroatoms. The number of cyclic esters (lactones) is 1. The maximum Gasteiger partial charge on any atom is 0.345 e. The summed E-state index contributed by atoms with van der Waals surface area (Å²) in [6.07, 6.45) is -0.378. The smallest absolute Gasteiger partial charge is 0.345 e. The Labute approximate surface area is 98.5 Å². The summed E-state index contributed by atoms with van der Waals surface area (Å²) in [5.41, 5.74) is 0.562. The molecule has 1 N–H and O–H groups in total. The number of aliphatic hydroxyl groups excluding tert-OH is 1. The predicted molar refractivity (Wildman–Crippen MR) is 60.2 cm³/mol. The molecule has 0 saturated carbocycles. The number of ether oxygens (including phenoxy) is 1. The molecule has 0 spiro atoms. The molecule has 2 rings (SSSR count). The third-order valence-corrected chi connectivity index (χ3v) is 2.64. The third-order valence-electron chi connectivity index (χ3n) is 2.64. The fourth-order valence-corrected chi connectivity index (χ4v) is 1.83. The molecule has 1 aliphatic rings. The first-order valence-electron chi connectivity index (χ1n) is 5.28. The summed E-state index contributed by atoms with van der Waals surface area (Å²) < 4.78 is 5.14. The van der Waals surface area contributed by atoms with E-state index in [0.29, 0.717) is 0 Å². The molecule has 0 aliphatic carbocycles. The Hall–Kier alpha value is -2.10. The quantitative estimate of drug-likeness (QED) is 0.626. The van der Waals surface area contributed by atoms with Crippen LogP contribution < -0.4 is 0 Å². The second-order valence-electron chi connectivity index (χ2n) is 3.89. The van der Waals surface area contributed by atoms with Crippen LogP contribution in [0.5, 0.6) is 0 Å². The molecule has 1 aromatic carbocycles. The van der Waals surface area contributed by atoms with Crippen LogP contribution in [-0.2, 0) is 14.3 Å². The van der Waals surface area contributed by atoms with E-state index in [-0.39, 0.29) is 17.8 Å². The van der Waals surface area contributed by atoms with Crippen molar-refractivity contribution >= 4 is 11.8 Å². The molecule has 0 fully saturated rings. The molecule has 1 aliphatic heterocycles. The van der Waals surface area contributed by atoms with Crippen molar-refractivity contribution in [2.24, 2.45) is 0 Å². The van der Waals surface area contributed by atoms with Crippen LogP contribution in [-0.4, -0.2) is 16.9 Å². The van der Waals surface area contributed by atoms with Crippen LogP contribution in [0.1, 0.15) is 25.0 Å². The van der Waals surface area contributed by atoms with Gasteiger partial charge in [-0.15, -0.1) is 0 Å². The number of esters is 1. The molecule has 1 aromatic rings.